The summed E-state index contributed by atoms with van der Waals surface area (Å²) in [7, 11) is 0. The van der Waals surface area contributed by atoms with Crippen molar-refractivity contribution in [2.24, 2.45) is 0 Å². The van der Waals surface area contributed by atoms with E-state index in [1.165, 1.54) is 11.8 Å². The number of H-pyrrole nitrogens is 1. The van der Waals surface area contributed by atoms with E-state index in [9.17, 15) is 0 Å². The molecule has 0 radical (unpaired) electrons. The van der Waals surface area contributed by atoms with Crippen LogP contribution in [0.5, 0.6) is 0 Å². The average Bonchev–Trinajstić information content (AvgIpc) is 3.64. The molecule has 6 aromatic rings. The van der Waals surface area contributed by atoms with E-state index in [0.717, 1.165) is 33.5 Å². The smallest absolute Gasteiger partial charge is 0.247 e. The molecule has 1 N–H and O–H groups in total. The first kappa shape index (κ1) is 21.6. The molecule has 0 amide bonds. The molecule has 1 atom stereocenters. The van der Waals surface area contributed by atoms with E-state index in [2.05, 4.69) is 31.4 Å². The molecule has 3 heterocycles. The van der Waals surface area contributed by atoms with Crippen molar-refractivity contribution < 1.29 is 4.42 Å². The molecule has 6 rings (SSSR count). The number of fused-ring (bicyclic) bond motifs is 1. The number of hydrogen-bond donors (Lipinski definition) is 1. The maximum Gasteiger partial charge on any atom is 0.247 e. The SMILES string of the molecule is CC(Sc1nnc(-c2c[nH]c3ccccc23)n1-c1ccc(Cl)cc1)c1nnc(-c2ccccc2)o1. The maximum atomic E-state index is 6.17. The zero-order valence-electron chi connectivity index (χ0n) is 18.6. The third kappa shape index (κ3) is 4.11. The third-order valence-electron chi connectivity index (χ3n) is 5.64. The van der Waals surface area contributed by atoms with Crippen molar-refractivity contribution in [3.8, 4) is 28.5 Å². The van der Waals surface area contributed by atoms with Gasteiger partial charge in [-0.05, 0) is 49.4 Å². The highest BCUT2D eigenvalue weighted by Crippen LogP contribution is 2.38. The van der Waals surface area contributed by atoms with Gasteiger partial charge in [0.1, 0.15) is 0 Å². The molecule has 0 aliphatic rings. The highest BCUT2D eigenvalue weighted by molar-refractivity contribution is 7.99. The number of benzene rings is 3. The number of rotatable bonds is 6. The zero-order valence-corrected chi connectivity index (χ0v) is 20.2. The molecular weight excluding hydrogens is 480 g/mol. The molecule has 0 fully saturated rings. The van der Waals surface area contributed by atoms with Gasteiger partial charge in [0.2, 0.25) is 11.8 Å². The Hall–Kier alpha value is -3.88. The van der Waals surface area contributed by atoms with Gasteiger partial charge in [-0.25, -0.2) is 0 Å². The summed E-state index contributed by atoms with van der Waals surface area (Å²) < 4.78 is 8.01. The molecule has 0 aliphatic heterocycles. The van der Waals surface area contributed by atoms with E-state index >= 15 is 0 Å². The second kappa shape index (κ2) is 9.05. The van der Waals surface area contributed by atoms with Crippen molar-refractivity contribution in [3.63, 3.8) is 0 Å². The molecule has 0 aliphatic carbocycles. The van der Waals surface area contributed by atoms with Crippen LogP contribution in [0.1, 0.15) is 18.1 Å². The predicted octanol–water partition coefficient (Wildman–Crippen LogP) is 6.97. The van der Waals surface area contributed by atoms with Crippen molar-refractivity contribution in [1.29, 1.82) is 0 Å². The first-order chi connectivity index (χ1) is 17.2. The van der Waals surface area contributed by atoms with E-state index in [4.69, 9.17) is 16.0 Å². The quantitative estimate of drug-likeness (QED) is 0.249. The lowest BCUT2D eigenvalue weighted by atomic mass is 10.1. The summed E-state index contributed by atoms with van der Waals surface area (Å²) in [6, 6.07) is 25.5. The molecular formula is C26H19ClN6OS. The predicted molar refractivity (Wildman–Crippen MR) is 138 cm³/mol. The molecule has 9 heteroatoms. The molecule has 7 nitrogen and oxygen atoms in total. The van der Waals surface area contributed by atoms with Gasteiger partial charge in [-0.3, -0.25) is 4.57 Å². The summed E-state index contributed by atoms with van der Waals surface area (Å²) in [5.74, 6) is 1.75. The van der Waals surface area contributed by atoms with Crippen LogP contribution in [0.2, 0.25) is 5.02 Å². The molecule has 172 valence electrons. The topological polar surface area (TPSA) is 85.4 Å². The standard InChI is InChI=1S/C26H19ClN6OS/c1-16(24-30-31-25(34-24)17-7-3-2-4-8-17)35-26-32-29-23(33(26)19-13-11-18(27)12-14-19)21-15-28-22-10-6-5-9-20(21)22/h2-16,28H,1H3. The number of aromatic nitrogens is 6. The van der Waals surface area contributed by atoms with Gasteiger partial charge in [0.15, 0.2) is 11.0 Å². The van der Waals surface area contributed by atoms with E-state index in [-0.39, 0.29) is 5.25 Å². The fourth-order valence-electron chi connectivity index (χ4n) is 3.90. The van der Waals surface area contributed by atoms with Crippen LogP contribution in [0.4, 0.5) is 0 Å². The first-order valence-electron chi connectivity index (χ1n) is 11.0. The van der Waals surface area contributed by atoms with Crippen molar-refractivity contribution >= 4 is 34.3 Å². The highest BCUT2D eigenvalue weighted by atomic mass is 35.5. The van der Waals surface area contributed by atoms with E-state index < -0.39 is 0 Å². The lowest BCUT2D eigenvalue weighted by Gasteiger charge is -2.12. The molecule has 0 spiro atoms. The maximum absolute atomic E-state index is 6.17. The number of halogens is 1. The van der Waals surface area contributed by atoms with E-state index in [1.54, 1.807) is 0 Å². The molecule has 0 saturated carbocycles. The monoisotopic (exact) mass is 498 g/mol. The van der Waals surface area contributed by atoms with Gasteiger partial charge in [-0.1, -0.05) is 59.8 Å². The van der Waals surface area contributed by atoms with E-state index in [0.29, 0.717) is 22.0 Å². The lowest BCUT2D eigenvalue weighted by molar-refractivity contribution is 0.509. The Morgan fingerprint density at radius 1 is 0.886 bits per heavy atom. The molecule has 3 aromatic carbocycles. The van der Waals surface area contributed by atoms with Crippen molar-refractivity contribution in [2.75, 3.05) is 0 Å². The molecule has 0 bridgehead atoms. The van der Waals surface area contributed by atoms with Gasteiger partial charge in [-0.2, -0.15) is 0 Å². The Bertz CT molecular complexity index is 1610. The van der Waals surface area contributed by atoms with Gasteiger partial charge in [0.25, 0.3) is 0 Å². The Kier molecular flexibility index (Phi) is 5.60. The third-order valence-corrected chi connectivity index (χ3v) is 6.92. The van der Waals surface area contributed by atoms with E-state index in [1.807, 2.05) is 90.5 Å². The molecule has 35 heavy (non-hydrogen) atoms. The number of thioether (sulfide) groups is 1. The first-order valence-corrected chi connectivity index (χ1v) is 12.3. The summed E-state index contributed by atoms with van der Waals surface area (Å²) in [6.07, 6.45) is 1.96. The summed E-state index contributed by atoms with van der Waals surface area (Å²) in [5, 5.41) is 19.9. The summed E-state index contributed by atoms with van der Waals surface area (Å²) in [6.45, 7) is 2.01. The molecule has 0 saturated heterocycles. The molecule has 3 aromatic heterocycles. The summed E-state index contributed by atoms with van der Waals surface area (Å²) in [5.41, 5.74) is 3.79. The van der Waals surface area contributed by atoms with Crippen LogP contribution in [0.25, 0.3) is 39.4 Å². The van der Waals surface area contributed by atoms with Crippen LogP contribution in [0.15, 0.2) is 94.6 Å². The van der Waals surface area contributed by atoms with Crippen LogP contribution >= 0.6 is 23.4 Å². The fraction of sp³-hybridized carbons (Fsp3) is 0.0769. The lowest BCUT2D eigenvalue weighted by Crippen LogP contribution is -2.00. The largest absolute Gasteiger partial charge is 0.419 e. The second-order valence-corrected chi connectivity index (χ2v) is 9.68. The Balaban J connectivity index is 1.39. The minimum Gasteiger partial charge on any atom is -0.419 e. The van der Waals surface area contributed by atoms with Crippen molar-refractivity contribution in [2.45, 2.75) is 17.3 Å². The highest BCUT2D eigenvalue weighted by Gasteiger charge is 2.23. The average molecular weight is 499 g/mol. The minimum atomic E-state index is -0.147. The van der Waals surface area contributed by atoms with Crippen LogP contribution in [0, 0.1) is 0 Å². The number of para-hydroxylation sites is 1. The fourth-order valence-corrected chi connectivity index (χ4v) is 4.93. The van der Waals surface area contributed by atoms with Crippen LogP contribution in [0.3, 0.4) is 0 Å². The number of nitrogens with one attached hydrogen (secondary N) is 1. The zero-order chi connectivity index (χ0) is 23.8. The van der Waals surface area contributed by atoms with Crippen molar-refractivity contribution in [3.05, 3.63) is 96.0 Å². The van der Waals surface area contributed by atoms with Gasteiger partial charge in [-0.15, -0.1) is 20.4 Å². The molecule has 1 unspecified atom stereocenters. The Labute approximate surface area is 210 Å². The second-order valence-electron chi connectivity index (χ2n) is 7.94. The Morgan fingerprint density at radius 2 is 1.66 bits per heavy atom. The van der Waals surface area contributed by atoms with Gasteiger partial charge in [0, 0.05) is 38.9 Å². The summed E-state index contributed by atoms with van der Waals surface area (Å²) >= 11 is 7.67. The number of aromatic amines is 1. The van der Waals surface area contributed by atoms with Crippen molar-refractivity contribution in [1.82, 2.24) is 29.9 Å². The van der Waals surface area contributed by atoms with Crippen LogP contribution < -0.4 is 0 Å². The van der Waals surface area contributed by atoms with Crippen LogP contribution in [-0.2, 0) is 0 Å². The van der Waals surface area contributed by atoms with Gasteiger partial charge < -0.3 is 9.40 Å². The number of nitrogens with zero attached hydrogens (tertiary/aromatic N) is 5. The van der Waals surface area contributed by atoms with Gasteiger partial charge >= 0.3 is 0 Å². The minimum absolute atomic E-state index is 0.147. The number of hydrogen-bond acceptors (Lipinski definition) is 6. The van der Waals surface area contributed by atoms with Crippen LogP contribution in [-0.4, -0.2) is 29.9 Å². The Morgan fingerprint density at radius 3 is 2.49 bits per heavy atom. The normalized spacial score (nSPS) is 12.3. The summed E-state index contributed by atoms with van der Waals surface area (Å²) in [4.78, 5) is 3.33. The van der Waals surface area contributed by atoms with Gasteiger partial charge in [0.05, 0.1) is 5.25 Å².